The molecule has 8 heteroatoms. The summed E-state index contributed by atoms with van der Waals surface area (Å²) in [6.45, 7) is 2.90. The molecule has 0 saturated carbocycles. The van der Waals surface area contributed by atoms with Gasteiger partial charge in [-0.15, -0.1) is 0 Å². The molecule has 1 aromatic carbocycles. The second kappa shape index (κ2) is 8.16. The van der Waals surface area contributed by atoms with E-state index in [1.54, 1.807) is 12.1 Å². The van der Waals surface area contributed by atoms with E-state index >= 15 is 0 Å². The van der Waals surface area contributed by atoms with Crippen LogP contribution in [0.25, 0.3) is 0 Å². The van der Waals surface area contributed by atoms with Crippen molar-refractivity contribution in [1.82, 2.24) is 4.98 Å². The van der Waals surface area contributed by atoms with Gasteiger partial charge in [0, 0.05) is 25.0 Å². The lowest BCUT2D eigenvalue weighted by Gasteiger charge is -2.29. The molecule has 1 amide bonds. The summed E-state index contributed by atoms with van der Waals surface area (Å²) in [5.74, 6) is -0.897. The summed E-state index contributed by atoms with van der Waals surface area (Å²) in [5, 5.41) is 3.30. The van der Waals surface area contributed by atoms with E-state index in [0.717, 1.165) is 18.8 Å². The zero-order valence-corrected chi connectivity index (χ0v) is 15.0. The topological polar surface area (TPSA) is 80.8 Å². The van der Waals surface area contributed by atoms with Crippen LogP contribution in [-0.2, 0) is 9.47 Å². The number of rotatable bonds is 4. The Labute approximate surface area is 155 Å². The minimum Gasteiger partial charge on any atom is -0.465 e. The average Bonchev–Trinajstić information content (AvgIpc) is 2.68. The smallest absolute Gasteiger partial charge is 0.339 e. The summed E-state index contributed by atoms with van der Waals surface area (Å²) in [6.07, 6.45) is 1.30. The number of carbonyl (C=O) groups is 2. The molecule has 1 N–H and O–H groups in total. The van der Waals surface area contributed by atoms with Crippen LogP contribution < -0.4 is 10.2 Å². The largest absolute Gasteiger partial charge is 0.465 e. The highest BCUT2D eigenvalue weighted by Gasteiger charge is 2.16. The number of morpholine rings is 1. The maximum Gasteiger partial charge on any atom is 0.339 e. The molecule has 1 aromatic heterocycles. The van der Waals surface area contributed by atoms with E-state index in [9.17, 15) is 9.59 Å². The molecule has 7 nitrogen and oxygen atoms in total. The van der Waals surface area contributed by atoms with E-state index in [-0.39, 0.29) is 11.3 Å². The molecule has 0 spiro atoms. The van der Waals surface area contributed by atoms with Crippen LogP contribution in [0.3, 0.4) is 0 Å². The summed E-state index contributed by atoms with van der Waals surface area (Å²) < 4.78 is 9.94. The first-order valence-electron chi connectivity index (χ1n) is 8.06. The number of amides is 1. The SMILES string of the molecule is COC(=O)c1ccc(C(=O)Nc2ccc(N3CCOCC3)c(Cl)c2)nc1. The zero-order valence-electron chi connectivity index (χ0n) is 14.2. The van der Waals surface area contributed by atoms with Gasteiger partial charge < -0.3 is 19.7 Å². The number of pyridine rings is 1. The molecule has 3 rings (SSSR count). The summed E-state index contributed by atoms with van der Waals surface area (Å²) in [5.41, 5.74) is 1.94. The Morgan fingerprint density at radius 2 is 2.00 bits per heavy atom. The second-order valence-corrected chi connectivity index (χ2v) is 6.05. The lowest BCUT2D eigenvalue weighted by Crippen LogP contribution is -2.36. The van der Waals surface area contributed by atoms with Gasteiger partial charge in [0.1, 0.15) is 5.69 Å². The molecule has 1 aliphatic heterocycles. The minimum atomic E-state index is -0.505. The van der Waals surface area contributed by atoms with Gasteiger partial charge in [-0.3, -0.25) is 9.78 Å². The van der Waals surface area contributed by atoms with Crippen LogP contribution in [-0.4, -0.2) is 50.3 Å². The van der Waals surface area contributed by atoms with Crippen LogP contribution in [0.2, 0.25) is 5.02 Å². The average molecular weight is 376 g/mol. The third kappa shape index (κ3) is 4.12. The zero-order chi connectivity index (χ0) is 18.5. The Morgan fingerprint density at radius 3 is 2.62 bits per heavy atom. The van der Waals surface area contributed by atoms with Crippen molar-refractivity contribution >= 4 is 34.9 Å². The molecule has 0 radical (unpaired) electrons. The molecule has 0 unspecified atom stereocenters. The first kappa shape index (κ1) is 18.2. The molecule has 1 fully saturated rings. The molecule has 1 saturated heterocycles. The molecule has 1 aliphatic rings. The number of anilines is 2. The summed E-state index contributed by atoms with van der Waals surface area (Å²) in [6, 6.07) is 8.31. The van der Waals surface area contributed by atoms with Gasteiger partial charge in [0.05, 0.1) is 36.6 Å². The van der Waals surface area contributed by atoms with Gasteiger partial charge in [-0.1, -0.05) is 11.6 Å². The predicted octanol–water partition coefficient (Wildman–Crippen LogP) is 2.61. The Kier molecular flexibility index (Phi) is 5.70. The molecule has 2 heterocycles. The molecule has 0 bridgehead atoms. The number of hydrogen-bond acceptors (Lipinski definition) is 6. The fourth-order valence-corrected chi connectivity index (χ4v) is 2.91. The van der Waals surface area contributed by atoms with E-state index in [0.29, 0.717) is 23.9 Å². The molecule has 0 aliphatic carbocycles. The van der Waals surface area contributed by atoms with Crippen LogP contribution in [0.15, 0.2) is 36.5 Å². The van der Waals surface area contributed by atoms with Crippen molar-refractivity contribution in [3.05, 3.63) is 52.8 Å². The van der Waals surface area contributed by atoms with Gasteiger partial charge in [-0.05, 0) is 30.3 Å². The van der Waals surface area contributed by atoms with E-state index < -0.39 is 11.9 Å². The van der Waals surface area contributed by atoms with Crippen LogP contribution in [0, 0.1) is 0 Å². The molecule has 2 aromatic rings. The number of carbonyl (C=O) groups excluding carboxylic acids is 2. The highest BCUT2D eigenvalue weighted by Crippen LogP contribution is 2.29. The Balaban J connectivity index is 1.69. The van der Waals surface area contributed by atoms with Gasteiger partial charge >= 0.3 is 5.97 Å². The predicted molar refractivity (Wildman–Crippen MR) is 98.0 cm³/mol. The van der Waals surface area contributed by atoms with Crippen LogP contribution in [0.1, 0.15) is 20.8 Å². The van der Waals surface area contributed by atoms with Crippen molar-refractivity contribution in [3.63, 3.8) is 0 Å². The fourth-order valence-electron chi connectivity index (χ4n) is 2.61. The van der Waals surface area contributed by atoms with E-state index in [2.05, 4.69) is 19.9 Å². The highest BCUT2D eigenvalue weighted by molar-refractivity contribution is 6.33. The third-order valence-electron chi connectivity index (χ3n) is 3.97. The number of ether oxygens (including phenoxy) is 2. The third-order valence-corrected chi connectivity index (χ3v) is 4.28. The van der Waals surface area contributed by atoms with Gasteiger partial charge in [-0.2, -0.15) is 0 Å². The first-order chi connectivity index (χ1) is 12.6. The molecule has 0 atom stereocenters. The molecule has 26 heavy (non-hydrogen) atoms. The van der Waals surface area contributed by atoms with E-state index in [4.69, 9.17) is 16.3 Å². The molecular formula is C18H18ClN3O4. The number of methoxy groups -OCH3 is 1. The normalized spacial score (nSPS) is 14.0. The van der Waals surface area contributed by atoms with Gasteiger partial charge in [0.2, 0.25) is 0 Å². The quantitative estimate of drug-likeness (QED) is 0.827. The van der Waals surface area contributed by atoms with Crippen molar-refractivity contribution in [2.24, 2.45) is 0 Å². The standard InChI is InChI=1S/C18H18ClN3O4/c1-25-18(24)12-2-4-15(20-11-12)17(23)21-13-3-5-16(14(19)10-13)22-6-8-26-9-7-22/h2-5,10-11H,6-9H2,1H3,(H,21,23). The lowest BCUT2D eigenvalue weighted by atomic mass is 10.2. The maximum absolute atomic E-state index is 12.3. The van der Waals surface area contributed by atoms with Crippen LogP contribution in [0.5, 0.6) is 0 Å². The summed E-state index contributed by atoms with van der Waals surface area (Å²) in [7, 11) is 1.28. The number of hydrogen-bond donors (Lipinski definition) is 1. The second-order valence-electron chi connectivity index (χ2n) is 5.64. The monoisotopic (exact) mass is 375 g/mol. The number of nitrogens with zero attached hydrogens (tertiary/aromatic N) is 2. The Hall–Kier alpha value is -2.64. The Bertz CT molecular complexity index is 805. The molecule has 136 valence electrons. The number of nitrogens with one attached hydrogen (secondary N) is 1. The summed E-state index contributed by atoms with van der Waals surface area (Å²) in [4.78, 5) is 29.8. The first-order valence-corrected chi connectivity index (χ1v) is 8.44. The number of aromatic nitrogens is 1. The van der Waals surface area contributed by atoms with E-state index in [1.165, 1.54) is 25.4 Å². The van der Waals surface area contributed by atoms with Crippen molar-refractivity contribution in [3.8, 4) is 0 Å². The van der Waals surface area contributed by atoms with Crippen molar-refractivity contribution in [2.75, 3.05) is 43.6 Å². The molecular weight excluding hydrogens is 358 g/mol. The van der Waals surface area contributed by atoms with Crippen LogP contribution in [0.4, 0.5) is 11.4 Å². The Morgan fingerprint density at radius 1 is 1.23 bits per heavy atom. The van der Waals surface area contributed by atoms with Crippen LogP contribution >= 0.6 is 11.6 Å². The van der Waals surface area contributed by atoms with Gasteiger partial charge in [0.25, 0.3) is 5.91 Å². The fraction of sp³-hybridized carbons (Fsp3) is 0.278. The van der Waals surface area contributed by atoms with Crippen molar-refractivity contribution < 1.29 is 19.1 Å². The number of benzene rings is 1. The van der Waals surface area contributed by atoms with Gasteiger partial charge in [0.15, 0.2) is 0 Å². The van der Waals surface area contributed by atoms with Crippen molar-refractivity contribution in [1.29, 1.82) is 0 Å². The minimum absolute atomic E-state index is 0.186. The number of esters is 1. The lowest BCUT2D eigenvalue weighted by molar-refractivity contribution is 0.0600. The van der Waals surface area contributed by atoms with Gasteiger partial charge in [-0.25, -0.2) is 4.79 Å². The van der Waals surface area contributed by atoms with E-state index in [1.807, 2.05) is 6.07 Å². The number of halogens is 1. The highest BCUT2D eigenvalue weighted by atomic mass is 35.5. The van der Waals surface area contributed by atoms with Crippen molar-refractivity contribution in [2.45, 2.75) is 0 Å². The summed E-state index contributed by atoms with van der Waals surface area (Å²) >= 11 is 6.36. The maximum atomic E-state index is 12.3.